The fourth-order valence-electron chi connectivity index (χ4n) is 2.56. The second-order valence-corrected chi connectivity index (χ2v) is 6.01. The highest BCUT2D eigenvalue weighted by Gasteiger charge is 2.23. The lowest BCUT2D eigenvalue weighted by atomic mass is 10.2. The predicted molar refractivity (Wildman–Crippen MR) is 79.9 cm³/mol. The molecule has 0 unspecified atom stereocenters. The van der Waals surface area contributed by atoms with Gasteiger partial charge in [-0.25, -0.2) is 4.79 Å². The van der Waals surface area contributed by atoms with E-state index in [1.807, 2.05) is 0 Å². The predicted octanol–water partition coefficient (Wildman–Crippen LogP) is 0.699. The number of aromatic nitrogens is 3. The first kappa shape index (κ1) is 14.0. The van der Waals surface area contributed by atoms with Gasteiger partial charge in [0.1, 0.15) is 4.88 Å². The summed E-state index contributed by atoms with van der Waals surface area (Å²) in [4.78, 5) is 41.0. The van der Waals surface area contributed by atoms with E-state index in [1.165, 1.54) is 7.05 Å². The van der Waals surface area contributed by atoms with Crippen LogP contribution in [0.1, 0.15) is 35.4 Å². The number of carbonyl (C=O) groups excluding carboxylic acids is 1. The van der Waals surface area contributed by atoms with Crippen molar-refractivity contribution < 1.29 is 4.79 Å². The van der Waals surface area contributed by atoms with Crippen LogP contribution in [-0.4, -0.2) is 37.8 Å². The van der Waals surface area contributed by atoms with Crippen LogP contribution in [0.25, 0.3) is 11.0 Å². The summed E-state index contributed by atoms with van der Waals surface area (Å²) >= 11 is 0.978. The van der Waals surface area contributed by atoms with Crippen molar-refractivity contribution in [1.82, 2.24) is 18.8 Å². The van der Waals surface area contributed by atoms with Gasteiger partial charge < -0.3 is 9.88 Å². The highest BCUT2D eigenvalue weighted by atomic mass is 32.1. The molecule has 0 spiro atoms. The molecule has 112 valence electrons. The van der Waals surface area contributed by atoms with E-state index < -0.39 is 11.2 Å². The van der Waals surface area contributed by atoms with Gasteiger partial charge in [0.15, 0.2) is 5.52 Å². The topological polar surface area (TPSA) is 88.1 Å². The molecular weight excluding hydrogens is 292 g/mol. The number of H-pyrrole nitrogens is 1. The molecule has 0 radical (unpaired) electrons. The lowest BCUT2D eigenvalue weighted by Crippen LogP contribution is -2.34. The van der Waals surface area contributed by atoms with E-state index in [0.29, 0.717) is 18.0 Å². The lowest BCUT2D eigenvalue weighted by molar-refractivity contribution is 0.0768. The van der Waals surface area contributed by atoms with Crippen LogP contribution in [0.2, 0.25) is 0 Å². The van der Waals surface area contributed by atoms with Crippen molar-refractivity contribution >= 4 is 28.5 Å². The van der Waals surface area contributed by atoms with Crippen molar-refractivity contribution in [2.45, 2.75) is 25.7 Å². The Labute approximate surface area is 124 Å². The van der Waals surface area contributed by atoms with Crippen molar-refractivity contribution in [2.24, 2.45) is 7.05 Å². The van der Waals surface area contributed by atoms with Crippen LogP contribution >= 0.6 is 11.5 Å². The Bertz CT molecular complexity index is 796. The number of carbonyl (C=O) groups is 1. The molecule has 1 aliphatic heterocycles. The van der Waals surface area contributed by atoms with Crippen LogP contribution < -0.4 is 11.2 Å². The molecule has 0 aromatic carbocycles. The van der Waals surface area contributed by atoms with E-state index in [2.05, 4.69) is 9.36 Å². The van der Waals surface area contributed by atoms with Crippen molar-refractivity contribution in [3.05, 3.63) is 25.7 Å². The summed E-state index contributed by atoms with van der Waals surface area (Å²) in [7, 11) is 1.39. The average Bonchev–Trinajstić information content (AvgIpc) is 2.72. The summed E-state index contributed by atoms with van der Waals surface area (Å²) in [5, 5.41) is 0. The molecule has 3 heterocycles. The lowest BCUT2D eigenvalue weighted by Gasteiger charge is -2.19. The average molecular weight is 308 g/mol. The van der Waals surface area contributed by atoms with E-state index in [9.17, 15) is 14.4 Å². The Morgan fingerprint density at radius 3 is 2.52 bits per heavy atom. The summed E-state index contributed by atoms with van der Waals surface area (Å²) in [6.45, 7) is 1.43. The summed E-state index contributed by atoms with van der Waals surface area (Å²) in [5.74, 6) is -0.145. The van der Waals surface area contributed by atoms with Gasteiger partial charge in [-0.1, -0.05) is 12.8 Å². The van der Waals surface area contributed by atoms with E-state index in [1.54, 1.807) is 4.90 Å². The summed E-state index contributed by atoms with van der Waals surface area (Å²) in [5.41, 5.74) is -0.583. The maximum absolute atomic E-state index is 12.6. The van der Waals surface area contributed by atoms with Gasteiger partial charge in [0.2, 0.25) is 0 Å². The second kappa shape index (κ2) is 5.44. The molecule has 2 aromatic rings. The third-order valence-corrected chi connectivity index (χ3v) is 4.66. The number of aromatic amines is 1. The number of nitrogens with one attached hydrogen (secondary N) is 1. The molecule has 0 aliphatic carbocycles. The van der Waals surface area contributed by atoms with Crippen molar-refractivity contribution in [2.75, 3.05) is 13.1 Å². The molecule has 2 aromatic heterocycles. The van der Waals surface area contributed by atoms with Crippen LogP contribution in [-0.2, 0) is 7.05 Å². The van der Waals surface area contributed by atoms with Crippen molar-refractivity contribution in [3.63, 3.8) is 0 Å². The van der Waals surface area contributed by atoms with E-state index >= 15 is 0 Å². The van der Waals surface area contributed by atoms with Gasteiger partial charge in [0.25, 0.3) is 11.5 Å². The Morgan fingerprint density at radius 2 is 1.86 bits per heavy atom. The van der Waals surface area contributed by atoms with Gasteiger partial charge in [-0.2, -0.15) is 4.37 Å². The first-order valence-corrected chi connectivity index (χ1v) is 7.75. The highest BCUT2D eigenvalue weighted by Crippen LogP contribution is 2.20. The molecule has 0 saturated carbocycles. The summed E-state index contributed by atoms with van der Waals surface area (Å²) in [6, 6.07) is 0. The Hall–Kier alpha value is -1.96. The van der Waals surface area contributed by atoms with E-state index in [0.717, 1.165) is 41.8 Å². The number of hydrogen-bond donors (Lipinski definition) is 1. The van der Waals surface area contributed by atoms with E-state index in [4.69, 9.17) is 0 Å². The minimum atomic E-state index is -0.530. The maximum atomic E-state index is 12.6. The third kappa shape index (κ3) is 2.39. The molecule has 0 atom stereocenters. The zero-order chi connectivity index (χ0) is 15.0. The largest absolute Gasteiger partial charge is 0.338 e. The fraction of sp³-hybridized carbons (Fsp3) is 0.538. The molecule has 21 heavy (non-hydrogen) atoms. The molecule has 8 heteroatoms. The molecule has 7 nitrogen and oxygen atoms in total. The molecular formula is C13H16N4O3S. The molecule has 1 amide bonds. The van der Waals surface area contributed by atoms with Crippen LogP contribution in [0.15, 0.2) is 9.59 Å². The zero-order valence-electron chi connectivity index (χ0n) is 11.7. The zero-order valence-corrected chi connectivity index (χ0v) is 12.5. The maximum Gasteiger partial charge on any atom is 0.328 e. The van der Waals surface area contributed by atoms with Crippen LogP contribution in [0, 0.1) is 0 Å². The van der Waals surface area contributed by atoms with Gasteiger partial charge in [0, 0.05) is 20.1 Å². The van der Waals surface area contributed by atoms with Crippen LogP contribution in [0.3, 0.4) is 0 Å². The number of hydrogen-bond acceptors (Lipinski definition) is 5. The SMILES string of the molecule is Cn1c(=O)[nH]c2c(C(=O)N3CCCCCC3)snc2c1=O. The molecule has 1 aliphatic rings. The number of amides is 1. The monoisotopic (exact) mass is 308 g/mol. The standard InChI is InChI=1S/C13H16N4O3S/c1-16-11(18)9-8(14-13(16)20)10(21-15-9)12(19)17-6-4-2-3-5-7-17/h2-7H2,1H3,(H,14,20). The number of nitrogens with zero attached hydrogens (tertiary/aromatic N) is 3. The molecule has 0 bridgehead atoms. The highest BCUT2D eigenvalue weighted by molar-refractivity contribution is 7.09. The Balaban J connectivity index is 2.06. The molecule has 1 N–H and O–H groups in total. The number of fused-ring (bicyclic) bond motifs is 1. The van der Waals surface area contributed by atoms with Gasteiger partial charge in [-0.3, -0.25) is 14.2 Å². The van der Waals surface area contributed by atoms with Gasteiger partial charge in [-0.15, -0.1) is 0 Å². The van der Waals surface area contributed by atoms with Crippen LogP contribution in [0.5, 0.6) is 0 Å². The van der Waals surface area contributed by atoms with Crippen molar-refractivity contribution in [1.29, 1.82) is 0 Å². The smallest absolute Gasteiger partial charge is 0.328 e. The third-order valence-electron chi connectivity index (χ3n) is 3.82. The number of likely N-dealkylation sites (tertiary alicyclic amines) is 1. The quantitative estimate of drug-likeness (QED) is 0.840. The minimum Gasteiger partial charge on any atom is -0.338 e. The minimum absolute atomic E-state index is 0.145. The molecule has 1 fully saturated rings. The molecule has 3 rings (SSSR count). The summed E-state index contributed by atoms with van der Waals surface area (Å²) < 4.78 is 5.01. The first-order chi connectivity index (χ1) is 10.1. The number of rotatable bonds is 1. The van der Waals surface area contributed by atoms with Gasteiger partial charge >= 0.3 is 5.69 Å². The van der Waals surface area contributed by atoms with Gasteiger partial charge in [0.05, 0.1) is 5.52 Å². The molecule has 1 saturated heterocycles. The summed E-state index contributed by atoms with van der Waals surface area (Å²) in [6.07, 6.45) is 4.23. The van der Waals surface area contributed by atoms with Crippen LogP contribution in [0.4, 0.5) is 0 Å². The fourth-order valence-corrected chi connectivity index (χ4v) is 3.36. The second-order valence-electron chi connectivity index (χ2n) is 5.24. The van der Waals surface area contributed by atoms with E-state index in [-0.39, 0.29) is 16.9 Å². The Morgan fingerprint density at radius 1 is 1.19 bits per heavy atom. The Kier molecular flexibility index (Phi) is 3.62. The first-order valence-electron chi connectivity index (χ1n) is 6.97. The normalized spacial score (nSPS) is 16.1. The van der Waals surface area contributed by atoms with Gasteiger partial charge in [-0.05, 0) is 24.4 Å². The van der Waals surface area contributed by atoms with Crippen molar-refractivity contribution in [3.8, 4) is 0 Å².